The Kier molecular flexibility index (Phi) is 4.85. The summed E-state index contributed by atoms with van der Waals surface area (Å²) in [6.07, 6.45) is 0.683. The second-order valence-corrected chi connectivity index (χ2v) is 6.93. The number of piperidine rings is 1. The summed E-state index contributed by atoms with van der Waals surface area (Å²) in [5, 5.41) is 13.3. The number of aromatic nitrogens is 2. The Morgan fingerprint density at radius 3 is 2.88 bits per heavy atom. The molecule has 3 atom stereocenters. The minimum absolute atomic E-state index is 0.174. The molecule has 7 heteroatoms. The number of halogens is 1. The molecule has 0 saturated carbocycles. The van der Waals surface area contributed by atoms with E-state index in [0.29, 0.717) is 41.7 Å². The average molecular weight is 347 g/mol. The summed E-state index contributed by atoms with van der Waals surface area (Å²) in [5.41, 5.74) is 1.21. The molecule has 0 bridgehead atoms. The molecule has 1 aromatic heterocycles. The van der Waals surface area contributed by atoms with Crippen LogP contribution in [0.25, 0.3) is 11.4 Å². The molecule has 0 aliphatic carbocycles. The lowest BCUT2D eigenvalue weighted by Crippen LogP contribution is -2.43. The van der Waals surface area contributed by atoms with Crippen molar-refractivity contribution in [2.24, 2.45) is 11.8 Å². The monoisotopic (exact) mass is 347 g/mol. The summed E-state index contributed by atoms with van der Waals surface area (Å²) >= 11 is 0. The van der Waals surface area contributed by atoms with Gasteiger partial charge in [-0.05, 0) is 49.9 Å². The van der Waals surface area contributed by atoms with Crippen molar-refractivity contribution < 1.29 is 18.8 Å². The Labute approximate surface area is 145 Å². The fraction of sp³-hybridized carbons (Fsp3) is 0.500. The van der Waals surface area contributed by atoms with Crippen LogP contribution in [-0.2, 0) is 4.79 Å². The molecule has 1 fully saturated rings. The normalized spacial score (nSPS) is 22.7. The van der Waals surface area contributed by atoms with Crippen LogP contribution >= 0.6 is 0 Å². The maximum Gasteiger partial charge on any atom is 0.307 e. The first-order chi connectivity index (χ1) is 11.8. The number of carbonyl (C=O) groups is 1. The zero-order chi connectivity index (χ0) is 18.1. The van der Waals surface area contributed by atoms with E-state index in [0.717, 1.165) is 6.54 Å². The van der Waals surface area contributed by atoms with Crippen molar-refractivity contribution in [1.29, 1.82) is 0 Å². The smallest absolute Gasteiger partial charge is 0.307 e. The number of likely N-dealkylation sites (tertiary alicyclic amines) is 1. The Morgan fingerprint density at radius 2 is 2.20 bits per heavy atom. The van der Waals surface area contributed by atoms with Crippen LogP contribution in [0.3, 0.4) is 0 Å². The van der Waals surface area contributed by atoms with Crippen molar-refractivity contribution in [2.45, 2.75) is 33.2 Å². The van der Waals surface area contributed by atoms with Crippen molar-refractivity contribution in [3.8, 4) is 11.4 Å². The topological polar surface area (TPSA) is 79.5 Å². The molecule has 2 heterocycles. The Balaban J connectivity index is 1.79. The van der Waals surface area contributed by atoms with Crippen LogP contribution < -0.4 is 0 Å². The minimum atomic E-state index is -0.767. The molecule has 1 aliphatic rings. The standard InChI is InChI=1S/C18H22FN3O3/c1-10-6-14(18(23)24)9-22(8-10)12(3)17-20-16(21-25-17)13-4-5-15(19)11(2)7-13/h4-5,7,10,12,14H,6,8-9H2,1-3H3,(H,23,24). The van der Waals surface area contributed by atoms with Gasteiger partial charge >= 0.3 is 5.97 Å². The molecule has 2 aromatic rings. The number of aliphatic carboxylic acids is 1. The molecule has 1 saturated heterocycles. The van der Waals surface area contributed by atoms with E-state index in [2.05, 4.69) is 22.0 Å². The van der Waals surface area contributed by atoms with Gasteiger partial charge in [-0.15, -0.1) is 0 Å². The third-order valence-corrected chi connectivity index (χ3v) is 4.80. The average Bonchev–Trinajstić information content (AvgIpc) is 3.06. The number of rotatable bonds is 4. The lowest BCUT2D eigenvalue weighted by molar-refractivity contribution is -0.144. The zero-order valence-electron chi connectivity index (χ0n) is 14.6. The van der Waals surface area contributed by atoms with Gasteiger partial charge in [0, 0.05) is 18.7 Å². The van der Waals surface area contributed by atoms with E-state index >= 15 is 0 Å². The Bertz CT molecular complexity index is 777. The van der Waals surface area contributed by atoms with E-state index < -0.39 is 5.97 Å². The maximum atomic E-state index is 13.4. The highest BCUT2D eigenvalue weighted by molar-refractivity contribution is 5.70. The van der Waals surface area contributed by atoms with Gasteiger partial charge in [-0.1, -0.05) is 12.1 Å². The van der Waals surface area contributed by atoms with Gasteiger partial charge in [0.1, 0.15) is 5.82 Å². The van der Waals surface area contributed by atoms with Crippen molar-refractivity contribution in [3.63, 3.8) is 0 Å². The van der Waals surface area contributed by atoms with Crippen LogP contribution in [0.15, 0.2) is 22.7 Å². The molecule has 3 unspecified atom stereocenters. The van der Waals surface area contributed by atoms with Crippen molar-refractivity contribution in [3.05, 3.63) is 35.5 Å². The molecule has 3 rings (SSSR count). The van der Waals surface area contributed by atoms with Crippen LogP contribution in [-0.4, -0.2) is 39.2 Å². The van der Waals surface area contributed by atoms with E-state index in [1.54, 1.807) is 19.1 Å². The Hall–Kier alpha value is -2.28. The highest BCUT2D eigenvalue weighted by atomic mass is 19.1. The van der Waals surface area contributed by atoms with Crippen LogP contribution in [0, 0.1) is 24.6 Å². The molecule has 0 spiro atoms. The number of hydrogen-bond acceptors (Lipinski definition) is 5. The molecular weight excluding hydrogens is 325 g/mol. The lowest BCUT2D eigenvalue weighted by Gasteiger charge is -2.37. The molecular formula is C18H22FN3O3. The van der Waals surface area contributed by atoms with Crippen molar-refractivity contribution in [2.75, 3.05) is 13.1 Å². The highest BCUT2D eigenvalue weighted by Crippen LogP contribution is 2.30. The van der Waals surface area contributed by atoms with Crippen LogP contribution in [0.5, 0.6) is 0 Å². The van der Waals surface area contributed by atoms with Crippen molar-refractivity contribution >= 4 is 5.97 Å². The van der Waals surface area contributed by atoms with Crippen LogP contribution in [0.2, 0.25) is 0 Å². The van der Waals surface area contributed by atoms with Gasteiger partial charge in [0.05, 0.1) is 12.0 Å². The summed E-state index contributed by atoms with van der Waals surface area (Å²) in [4.78, 5) is 17.8. The summed E-state index contributed by atoms with van der Waals surface area (Å²) < 4.78 is 18.8. The minimum Gasteiger partial charge on any atom is -0.481 e. The second-order valence-electron chi connectivity index (χ2n) is 6.93. The summed E-state index contributed by atoms with van der Waals surface area (Å²) in [5.74, 6) is -0.285. The molecule has 0 radical (unpaired) electrons. The second kappa shape index (κ2) is 6.92. The molecule has 0 amide bonds. The molecule has 1 aromatic carbocycles. The number of carboxylic acids is 1. The van der Waals surface area contributed by atoms with Gasteiger partial charge in [0.25, 0.3) is 0 Å². The first-order valence-corrected chi connectivity index (χ1v) is 8.42. The maximum absolute atomic E-state index is 13.4. The number of benzene rings is 1. The third-order valence-electron chi connectivity index (χ3n) is 4.80. The van der Waals surface area contributed by atoms with Gasteiger partial charge in [-0.25, -0.2) is 4.39 Å². The predicted molar refractivity (Wildman–Crippen MR) is 89.3 cm³/mol. The lowest BCUT2D eigenvalue weighted by atomic mass is 9.89. The number of hydrogen-bond donors (Lipinski definition) is 1. The van der Waals surface area contributed by atoms with E-state index in [1.165, 1.54) is 6.07 Å². The van der Waals surface area contributed by atoms with Crippen molar-refractivity contribution in [1.82, 2.24) is 15.0 Å². The van der Waals surface area contributed by atoms with Gasteiger partial charge in [-0.3, -0.25) is 9.69 Å². The summed E-state index contributed by atoms with van der Waals surface area (Å²) in [6.45, 7) is 6.93. The largest absolute Gasteiger partial charge is 0.481 e. The number of carboxylic acid groups (broad SMARTS) is 1. The van der Waals surface area contributed by atoms with Gasteiger partial charge in [0.2, 0.25) is 11.7 Å². The number of aryl methyl sites for hydroxylation is 1. The van der Waals surface area contributed by atoms with Gasteiger partial charge in [-0.2, -0.15) is 4.98 Å². The molecule has 134 valence electrons. The fourth-order valence-corrected chi connectivity index (χ4v) is 3.35. The number of nitrogens with zero attached hydrogens (tertiary/aromatic N) is 3. The van der Waals surface area contributed by atoms with Crippen LogP contribution in [0.1, 0.15) is 37.8 Å². The summed E-state index contributed by atoms with van der Waals surface area (Å²) in [7, 11) is 0. The van der Waals surface area contributed by atoms with E-state index in [4.69, 9.17) is 4.52 Å². The summed E-state index contributed by atoms with van der Waals surface area (Å²) in [6, 6.07) is 4.50. The molecule has 25 heavy (non-hydrogen) atoms. The van der Waals surface area contributed by atoms with Gasteiger partial charge < -0.3 is 9.63 Å². The molecule has 1 aliphatic heterocycles. The molecule has 1 N–H and O–H groups in total. The first kappa shape index (κ1) is 17.5. The van der Waals surface area contributed by atoms with E-state index in [-0.39, 0.29) is 17.8 Å². The predicted octanol–water partition coefficient (Wildman–Crippen LogP) is 3.29. The van der Waals surface area contributed by atoms with E-state index in [1.807, 2.05) is 6.92 Å². The van der Waals surface area contributed by atoms with Gasteiger partial charge in [0.15, 0.2) is 0 Å². The molecule has 6 nitrogen and oxygen atoms in total. The Morgan fingerprint density at radius 1 is 1.44 bits per heavy atom. The quantitative estimate of drug-likeness (QED) is 0.914. The van der Waals surface area contributed by atoms with Crippen LogP contribution in [0.4, 0.5) is 4.39 Å². The highest BCUT2D eigenvalue weighted by Gasteiger charge is 2.33. The zero-order valence-corrected chi connectivity index (χ0v) is 14.6. The SMILES string of the molecule is Cc1cc(-c2noc(C(C)N3CC(C)CC(C(=O)O)C3)n2)ccc1F. The van der Waals surface area contributed by atoms with E-state index in [9.17, 15) is 14.3 Å². The third kappa shape index (κ3) is 3.71. The fourth-order valence-electron chi connectivity index (χ4n) is 3.35. The first-order valence-electron chi connectivity index (χ1n) is 8.42.